The van der Waals surface area contributed by atoms with E-state index in [9.17, 15) is 0 Å². The van der Waals surface area contributed by atoms with E-state index in [1.165, 1.54) is 16.7 Å². The maximum atomic E-state index is 4.26. The lowest BCUT2D eigenvalue weighted by molar-refractivity contribution is 0.148. The van der Waals surface area contributed by atoms with Gasteiger partial charge in [0.1, 0.15) is 0 Å². The van der Waals surface area contributed by atoms with E-state index in [0.29, 0.717) is 0 Å². The number of benzene rings is 1. The van der Waals surface area contributed by atoms with E-state index in [-0.39, 0.29) is 5.54 Å². The zero-order chi connectivity index (χ0) is 14.9. The Kier molecular flexibility index (Phi) is 3.83. The van der Waals surface area contributed by atoms with Crippen molar-refractivity contribution in [1.82, 2.24) is 20.4 Å². The van der Waals surface area contributed by atoms with Gasteiger partial charge in [0.25, 0.3) is 0 Å². The molecule has 112 valence electrons. The predicted molar refractivity (Wildman–Crippen MR) is 86.1 cm³/mol. The number of piperazine rings is 1. The molecule has 1 aromatic heterocycles. The molecule has 3 rings (SSSR count). The topological polar surface area (TPSA) is 44.0 Å². The number of nitrogens with zero attached hydrogens (tertiary/aromatic N) is 2. The third-order valence-electron chi connectivity index (χ3n) is 4.10. The Morgan fingerprint density at radius 1 is 1.24 bits per heavy atom. The molecule has 1 saturated heterocycles. The Labute approximate surface area is 126 Å². The van der Waals surface area contributed by atoms with Crippen molar-refractivity contribution >= 4 is 0 Å². The van der Waals surface area contributed by atoms with Gasteiger partial charge in [0.05, 0.1) is 11.9 Å². The van der Waals surface area contributed by atoms with E-state index in [2.05, 4.69) is 65.5 Å². The van der Waals surface area contributed by atoms with Crippen molar-refractivity contribution in [2.45, 2.75) is 32.9 Å². The summed E-state index contributed by atoms with van der Waals surface area (Å²) in [6, 6.07) is 8.61. The minimum Gasteiger partial charge on any atom is -0.309 e. The molecular weight excluding hydrogens is 260 g/mol. The molecule has 0 atom stereocenters. The van der Waals surface area contributed by atoms with Crippen LogP contribution in [0.3, 0.4) is 0 Å². The number of H-pyrrole nitrogens is 1. The van der Waals surface area contributed by atoms with Crippen molar-refractivity contribution in [2.24, 2.45) is 0 Å². The van der Waals surface area contributed by atoms with Gasteiger partial charge in [-0.3, -0.25) is 10.00 Å². The van der Waals surface area contributed by atoms with Crippen molar-refractivity contribution in [2.75, 3.05) is 19.6 Å². The molecule has 0 bridgehead atoms. The maximum absolute atomic E-state index is 4.26. The molecule has 2 heterocycles. The van der Waals surface area contributed by atoms with Crippen LogP contribution in [0.5, 0.6) is 0 Å². The van der Waals surface area contributed by atoms with Crippen LogP contribution in [0.25, 0.3) is 11.3 Å². The van der Waals surface area contributed by atoms with Gasteiger partial charge in [-0.05, 0) is 26.3 Å². The van der Waals surface area contributed by atoms with Crippen LogP contribution in [-0.2, 0) is 6.54 Å². The molecule has 4 nitrogen and oxygen atoms in total. The normalized spacial score (nSPS) is 18.8. The molecule has 0 amide bonds. The monoisotopic (exact) mass is 284 g/mol. The van der Waals surface area contributed by atoms with Crippen LogP contribution in [0.2, 0.25) is 0 Å². The number of aromatic amines is 1. The number of aromatic nitrogens is 2. The number of rotatable bonds is 3. The first-order valence-corrected chi connectivity index (χ1v) is 7.60. The molecule has 0 spiro atoms. The second-order valence-corrected chi connectivity index (χ2v) is 6.66. The van der Waals surface area contributed by atoms with Gasteiger partial charge in [-0.1, -0.05) is 29.8 Å². The summed E-state index contributed by atoms with van der Waals surface area (Å²) in [5.41, 5.74) is 5.10. The van der Waals surface area contributed by atoms with Gasteiger partial charge in [-0.25, -0.2) is 0 Å². The molecule has 0 radical (unpaired) electrons. The first kappa shape index (κ1) is 14.3. The number of hydrogen-bond acceptors (Lipinski definition) is 3. The summed E-state index contributed by atoms with van der Waals surface area (Å²) in [5, 5.41) is 11.0. The van der Waals surface area contributed by atoms with Crippen LogP contribution in [0.15, 0.2) is 30.5 Å². The minimum atomic E-state index is 0.187. The van der Waals surface area contributed by atoms with Crippen molar-refractivity contribution in [3.05, 3.63) is 41.6 Å². The highest BCUT2D eigenvalue weighted by Crippen LogP contribution is 2.23. The van der Waals surface area contributed by atoms with Crippen LogP contribution >= 0.6 is 0 Å². The zero-order valence-electron chi connectivity index (χ0n) is 13.1. The first-order chi connectivity index (χ1) is 10.0. The molecular formula is C17H24N4. The van der Waals surface area contributed by atoms with Crippen LogP contribution in [0.4, 0.5) is 0 Å². The van der Waals surface area contributed by atoms with E-state index >= 15 is 0 Å². The van der Waals surface area contributed by atoms with Crippen molar-refractivity contribution in [3.8, 4) is 11.3 Å². The Balaban J connectivity index is 1.78. The van der Waals surface area contributed by atoms with Gasteiger partial charge in [0, 0.05) is 37.3 Å². The Morgan fingerprint density at radius 2 is 2.00 bits per heavy atom. The first-order valence-electron chi connectivity index (χ1n) is 7.60. The third kappa shape index (κ3) is 3.34. The second-order valence-electron chi connectivity index (χ2n) is 6.66. The van der Waals surface area contributed by atoms with E-state index in [1.54, 1.807) is 0 Å². The molecule has 0 unspecified atom stereocenters. The second kappa shape index (κ2) is 5.62. The lowest BCUT2D eigenvalue weighted by atomic mass is 10.0. The predicted octanol–water partition coefficient (Wildman–Crippen LogP) is 2.57. The summed E-state index contributed by atoms with van der Waals surface area (Å²) in [6.07, 6.45) is 1.96. The SMILES string of the molecule is Cc1ccc(-c2[nH]ncc2CN2CCNC(C)(C)C2)cc1. The van der Waals surface area contributed by atoms with Gasteiger partial charge in [0.15, 0.2) is 0 Å². The molecule has 2 aromatic rings. The maximum Gasteiger partial charge on any atom is 0.0695 e. The highest BCUT2D eigenvalue weighted by molar-refractivity contribution is 5.62. The Bertz CT molecular complexity index is 598. The zero-order valence-corrected chi connectivity index (χ0v) is 13.1. The average Bonchev–Trinajstić information content (AvgIpc) is 2.86. The summed E-state index contributed by atoms with van der Waals surface area (Å²) < 4.78 is 0. The van der Waals surface area contributed by atoms with Crippen LogP contribution < -0.4 is 5.32 Å². The number of aryl methyl sites for hydroxylation is 1. The highest BCUT2D eigenvalue weighted by atomic mass is 15.2. The summed E-state index contributed by atoms with van der Waals surface area (Å²) in [7, 11) is 0. The fraction of sp³-hybridized carbons (Fsp3) is 0.471. The van der Waals surface area contributed by atoms with E-state index in [0.717, 1.165) is 31.9 Å². The number of nitrogens with one attached hydrogen (secondary N) is 2. The average molecular weight is 284 g/mol. The van der Waals surface area contributed by atoms with Gasteiger partial charge in [-0.2, -0.15) is 5.10 Å². The molecule has 1 aliphatic heterocycles. The molecule has 2 N–H and O–H groups in total. The third-order valence-corrected chi connectivity index (χ3v) is 4.10. The quantitative estimate of drug-likeness (QED) is 0.910. The lowest BCUT2D eigenvalue weighted by Gasteiger charge is -2.39. The van der Waals surface area contributed by atoms with Crippen molar-refractivity contribution in [3.63, 3.8) is 0 Å². The largest absolute Gasteiger partial charge is 0.309 e. The van der Waals surface area contributed by atoms with Crippen LogP contribution in [0, 0.1) is 6.92 Å². The molecule has 1 aliphatic rings. The van der Waals surface area contributed by atoms with E-state index in [4.69, 9.17) is 0 Å². The van der Waals surface area contributed by atoms with E-state index in [1.807, 2.05) is 6.20 Å². The fourth-order valence-electron chi connectivity index (χ4n) is 3.02. The van der Waals surface area contributed by atoms with E-state index < -0.39 is 0 Å². The van der Waals surface area contributed by atoms with Gasteiger partial charge >= 0.3 is 0 Å². The molecule has 21 heavy (non-hydrogen) atoms. The van der Waals surface area contributed by atoms with Crippen LogP contribution in [0.1, 0.15) is 25.0 Å². The van der Waals surface area contributed by atoms with Crippen LogP contribution in [-0.4, -0.2) is 40.3 Å². The lowest BCUT2D eigenvalue weighted by Crippen LogP contribution is -2.56. The summed E-state index contributed by atoms with van der Waals surface area (Å²) >= 11 is 0. The van der Waals surface area contributed by atoms with Gasteiger partial charge < -0.3 is 5.32 Å². The summed E-state index contributed by atoms with van der Waals surface area (Å²) in [6.45, 7) is 10.8. The molecule has 1 aromatic carbocycles. The summed E-state index contributed by atoms with van der Waals surface area (Å²) in [4.78, 5) is 2.50. The van der Waals surface area contributed by atoms with Gasteiger partial charge in [-0.15, -0.1) is 0 Å². The Morgan fingerprint density at radius 3 is 2.71 bits per heavy atom. The minimum absolute atomic E-state index is 0.187. The van der Waals surface area contributed by atoms with Crippen molar-refractivity contribution < 1.29 is 0 Å². The summed E-state index contributed by atoms with van der Waals surface area (Å²) in [5.74, 6) is 0. The standard InChI is InChI=1S/C17H24N4/c1-13-4-6-14(7-5-13)16-15(10-19-20-16)11-21-9-8-18-17(2,3)12-21/h4-7,10,18H,8-9,11-12H2,1-3H3,(H,19,20). The van der Waals surface area contributed by atoms with Crippen molar-refractivity contribution in [1.29, 1.82) is 0 Å². The fourth-order valence-corrected chi connectivity index (χ4v) is 3.02. The molecule has 1 fully saturated rings. The Hall–Kier alpha value is -1.65. The number of hydrogen-bond donors (Lipinski definition) is 2. The molecule has 4 heteroatoms. The molecule has 0 saturated carbocycles. The smallest absolute Gasteiger partial charge is 0.0695 e. The molecule has 0 aliphatic carbocycles. The van der Waals surface area contributed by atoms with Gasteiger partial charge in [0.2, 0.25) is 0 Å². The highest BCUT2D eigenvalue weighted by Gasteiger charge is 2.26.